The highest BCUT2D eigenvalue weighted by Crippen LogP contribution is 2.48. The van der Waals surface area contributed by atoms with Gasteiger partial charge in [-0.3, -0.25) is 9.59 Å². The Hall–Kier alpha value is -1.43. The number of nitrogens with one attached hydrogen (secondary N) is 1. The molecule has 2 fully saturated rings. The molecule has 0 aromatic carbocycles. The van der Waals surface area contributed by atoms with Gasteiger partial charge in [0, 0.05) is 12.2 Å². The molecule has 2 bridgehead atoms. The first-order valence-electron chi connectivity index (χ1n) is 6.72. The van der Waals surface area contributed by atoms with Crippen molar-refractivity contribution in [2.45, 2.75) is 25.3 Å². The van der Waals surface area contributed by atoms with E-state index < -0.39 is 11.9 Å². The molecule has 1 amide bonds. The average molecular weight is 339 g/mol. The number of pyridine rings is 1. The molecule has 1 heterocycles. The van der Waals surface area contributed by atoms with Crippen LogP contribution in [-0.2, 0) is 4.79 Å². The van der Waals surface area contributed by atoms with Crippen molar-refractivity contribution in [2.75, 3.05) is 0 Å². The van der Waals surface area contributed by atoms with Crippen LogP contribution >= 0.6 is 15.9 Å². The maximum Gasteiger partial charge on any atom is 0.308 e. The molecule has 1 aromatic rings. The first-order chi connectivity index (χ1) is 9.58. The van der Waals surface area contributed by atoms with Gasteiger partial charge in [-0.1, -0.05) is 0 Å². The standard InChI is InChI=1S/C14H15BrN2O3/c15-12-9(2-1-5-16-12)13(18)17-11-8-4-3-7(6-8)10(11)14(19)20/h1-2,5,7-8,10-11H,3-4,6H2,(H,17,18)(H,19,20). The first-order valence-corrected chi connectivity index (χ1v) is 7.51. The van der Waals surface area contributed by atoms with Crippen LogP contribution in [-0.4, -0.2) is 28.0 Å². The number of amides is 1. The lowest BCUT2D eigenvalue weighted by atomic mass is 9.84. The number of aromatic nitrogens is 1. The SMILES string of the molecule is O=C(NC1C2CCC(C2)C1C(=O)O)c1cccnc1Br. The molecule has 2 N–H and O–H groups in total. The van der Waals surface area contributed by atoms with Gasteiger partial charge in [0.2, 0.25) is 0 Å². The van der Waals surface area contributed by atoms with Gasteiger partial charge in [0.1, 0.15) is 4.60 Å². The van der Waals surface area contributed by atoms with E-state index in [2.05, 4.69) is 26.2 Å². The monoisotopic (exact) mass is 338 g/mol. The zero-order valence-electron chi connectivity index (χ0n) is 10.8. The second-order valence-electron chi connectivity index (χ2n) is 5.54. The van der Waals surface area contributed by atoms with Crippen LogP contribution in [0.3, 0.4) is 0 Å². The molecule has 2 saturated carbocycles. The Morgan fingerprint density at radius 2 is 2.10 bits per heavy atom. The number of halogens is 1. The van der Waals surface area contributed by atoms with E-state index in [9.17, 15) is 14.7 Å². The minimum absolute atomic E-state index is 0.208. The second kappa shape index (κ2) is 5.16. The number of hydrogen-bond donors (Lipinski definition) is 2. The van der Waals surface area contributed by atoms with E-state index in [1.54, 1.807) is 18.3 Å². The fourth-order valence-corrected chi connectivity index (χ4v) is 4.07. The van der Waals surface area contributed by atoms with Crippen LogP contribution in [0.15, 0.2) is 22.9 Å². The Bertz CT molecular complexity index is 563. The molecule has 20 heavy (non-hydrogen) atoms. The summed E-state index contributed by atoms with van der Waals surface area (Å²) in [5, 5.41) is 12.3. The maximum atomic E-state index is 12.3. The highest BCUT2D eigenvalue weighted by atomic mass is 79.9. The van der Waals surface area contributed by atoms with Gasteiger partial charge in [-0.25, -0.2) is 4.98 Å². The number of carboxylic acid groups (broad SMARTS) is 1. The smallest absolute Gasteiger partial charge is 0.308 e. The number of aliphatic carboxylic acids is 1. The molecule has 5 nitrogen and oxygen atoms in total. The minimum Gasteiger partial charge on any atom is -0.481 e. The number of carbonyl (C=O) groups excluding carboxylic acids is 1. The van der Waals surface area contributed by atoms with E-state index in [0.717, 1.165) is 19.3 Å². The van der Waals surface area contributed by atoms with Crippen molar-refractivity contribution < 1.29 is 14.7 Å². The fraction of sp³-hybridized carbons (Fsp3) is 0.500. The number of hydrogen-bond acceptors (Lipinski definition) is 3. The molecule has 4 unspecified atom stereocenters. The van der Waals surface area contributed by atoms with Crippen molar-refractivity contribution in [3.8, 4) is 0 Å². The Balaban J connectivity index is 1.79. The normalized spacial score (nSPS) is 31.2. The number of fused-ring (bicyclic) bond motifs is 2. The summed E-state index contributed by atoms with van der Waals surface area (Å²) in [7, 11) is 0. The van der Waals surface area contributed by atoms with Crippen molar-refractivity contribution in [1.82, 2.24) is 10.3 Å². The molecule has 0 radical (unpaired) electrons. The van der Waals surface area contributed by atoms with Crippen LogP contribution in [0.5, 0.6) is 0 Å². The predicted octanol–water partition coefficient (Wildman–Crippen LogP) is 2.07. The molecule has 2 aliphatic rings. The third-order valence-electron chi connectivity index (χ3n) is 4.50. The summed E-state index contributed by atoms with van der Waals surface area (Å²) in [6.07, 6.45) is 4.48. The van der Waals surface area contributed by atoms with E-state index in [4.69, 9.17) is 0 Å². The number of rotatable bonds is 3. The summed E-state index contributed by atoms with van der Waals surface area (Å²) in [4.78, 5) is 27.7. The third-order valence-corrected chi connectivity index (χ3v) is 5.13. The van der Waals surface area contributed by atoms with Gasteiger partial charge in [-0.2, -0.15) is 0 Å². The van der Waals surface area contributed by atoms with E-state index in [0.29, 0.717) is 16.1 Å². The van der Waals surface area contributed by atoms with Gasteiger partial charge in [0.15, 0.2) is 0 Å². The molecule has 6 heteroatoms. The van der Waals surface area contributed by atoms with Crippen molar-refractivity contribution in [2.24, 2.45) is 17.8 Å². The maximum absolute atomic E-state index is 12.3. The molecule has 0 saturated heterocycles. The lowest BCUT2D eigenvalue weighted by Gasteiger charge is -2.28. The largest absolute Gasteiger partial charge is 0.481 e. The minimum atomic E-state index is -0.798. The summed E-state index contributed by atoms with van der Waals surface area (Å²) in [6, 6.07) is 3.11. The van der Waals surface area contributed by atoms with Gasteiger partial charge in [-0.15, -0.1) is 0 Å². The molecule has 0 aliphatic heterocycles. The lowest BCUT2D eigenvalue weighted by Crippen LogP contribution is -2.46. The number of carboxylic acids is 1. The predicted molar refractivity (Wildman–Crippen MR) is 75.1 cm³/mol. The molecule has 106 valence electrons. The van der Waals surface area contributed by atoms with Crippen molar-refractivity contribution in [3.63, 3.8) is 0 Å². The van der Waals surface area contributed by atoms with Crippen LogP contribution in [0.4, 0.5) is 0 Å². The van der Waals surface area contributed by atoms with Crippen molar-refractivity contribution in [3.05, 3.63) is 28.5 Å². The van der Waals surface area contributed by atoms with Crippen LogP contribution in [0, 0.1) is 17.8 Å². The average Bonchev–Trinajstić information content (AvgIpc) is 2.99. The van der Waals surface area contributed by atoms with E-state index in [1.807, 2.05) is 0 Å². The van der Waals surface area contributed by atoms with Crippen molar-refractivity contribution >= 4 is 27.8 Å². The van der Waals surface area contributed by atoms with E-state index in [1.165, 1.54) is 0 Å². The molecule has 2 aliphatic carbocycles. The molecule has 0 spiro atoms. The van der Waals surface area contributed by atoms with E-state index >= 15 is 0 Å². The van der Waals surface area contributed by atoms with Crippen LogP contribution in [0.2, 0.25) is 0 Å². The van der Waals surface area contributed by atoms with Gasteiger partial charge >= 0.3 is 5.97 Å². The number of carbonyl (C=O) groups is 2. The van der Waals surface area contributed by atoms with Crippen LogP contribution < -0.4 is 5.32 Å². The summed E-state index contributed by atoms with van der Waals surface area (Å²) >= 11 is 3.24. The number of nitrogens with zero attached hydrogens (tertiary/aromatic N) is 1. The summed E-state index contributed by atoms with van der Waals surface area (Å²) in [5.41, 5.74) is 0.444. The Morgan fingerprint density at radius 3 is 2.80 bits per heavy atom. The van der Waals surface area contributed by atoms with E-state index in [-0.39, 0.29) is 17.9 Å². The zero-order chi connectivity index (χ0) is 14.3. The first kappa shape index (κ1) is 13.5. The Kier molecular flexibility index (Phi) is 3.50. The molecule has 4 atom stereocenters. The van der Waals surface area contributed by atoms with Gasteiger partial charge in [-0.05, 0) is 59.2 Å². The zero-order valence-corrected chi connectivity index (χ0v) is 12.3. The van der Waals surface area contributed by atoms with Gasteiger partial charge in [0.25, 0.3) is 5.91 Å². The second-order valence-corrected chi connectivity index (χ2v) is 6.29. The van der Waals surface area contributed by atoms with Crippen LogP contribution in [0.1, 0.15) is 29.6 Å². The van der Waals surface area contributed by atoms with Gasteiger partial charge in [0.05, 0.1) is 11.5 Å². The lowest BCUT2D eigenvalue weighted by molar-refractivity contribution is -0.144. The topological polar surface area (TPSA) is 79.3 Å². The fourth-order valence-electron chi connectivity index (χ4n) is 3.64. The molecular weight excluding hydrogens is 324 g/mol. The molecule has 1 aromatic heterocycles. The summed E-state index contributed by atoms with van der Waals surface area (Å²) in [5.74, 6) is -1.00. The molecular formula is C14H15BrN2O3. The summed E-state index contributed by atoms with van der Waals surface area (Å²) in [6.45, 7) is 0. The quantitative estimate of drug-likeness (QED) is 0.827. The Labute approximate surface area is 124 Å². The third kappa shape index (κ3) is 2.22. The van der Waals surface area contributed by atoms with Crippen LogP contribution in [0.25, 0.3) is 0 Å². The summed E-state index contributed by atoms with van der Waals surface area (Å²) < 4.78 is 0.479. The highest BCUT2D eigenvalue weighted by Gasteiger charge is 2.51. The van der Waals surface area contributed by atoms with Crippen molar-refractivity contribution in [1.29, 1.82) is 0 Å². The highest BCUT2D eigenvalue weighted by molar-refractivity contribution is 9.10. The van der Waals surface area contributed by atoms with Gasteiger partial charge < -0.3 is 10.4 Å². The Morgan fingerprint density at radius 1 is 1.35 bits per heavy atom. The molecule has 3 rings (SSSR count).